The zero-order chi connectivity index (χ0) is 14.5. The van der Waals surface area contributed by atoms with Gasteiger partial charge in [-0.3, -0.25) is 14.6 Å². The Balaban J connectivity index is 2.30. The number of carbonyl (C=O) groups is 2. The van der Waals surface area contributed by atoms with Gasteiger partial charge in [0.25, 0.3) is 0 Å². The van der Waals surface area contributed by atoms with E-state index in [4.69, 9.17) is 11.0 Å². The number of amides is 1. The molecule has 2 N–H and O–H groups in total. The van der Waals surface area contributed by atoms with Crippen LogP contribution < -0.4 is 5.73 Å². The number of rotatable bonds is 4. The van der Waals surface area contributed by atoms with E-state index < -0.39 is 11.8 Å². The minimum absolute atomic E-state index is 0.313. The monoisotopic (exact) mass is 265 g/mol. The van der Waals surface area contributed by atoms with Gasteiger partial charge in [-0.05, 0) is 24.3 Å². The Labute approximate surface area is 115 Å². The van der Waals surface area contributed by atoms with E-state index in [1.54, 1.807) is 18.2 Å². The van der Waals surface area contributed by atoms with Crippen molar-refractivity contribution in [3.05, 3.63) is 65.5 Å². The van der Waals surface area contributed by atoms with Crippen LogP contribution in [0.3, 0.4) is 0 Å². The second kappa shape index (κ2) is 5.76. The number of carbonyl (C=O) groups excluding carboxylic acids is 2. The van der Waals surface area contributed by atoms with Crippen molar-refractivity contribution in [2.75, 3.05) is 0 Å². The SMILES string of the molecule is N#C[C@H](C(=O)c1ccc(C(N)=O)cc1)c1ccccn1. The molecule has 1 atom stereocenters. The second-order valence-corrected chi connectivity index (χ2v) is 4.12. The van der Waals surface area contributed by atoms with Crippen molar-refractivity contribution >= 4 is 11.7 Å². The van der Waals surface area contributed by atoms with E-state index in [-0.39, 0.29) is 5.78 Å². The molecule has 0 aliphatic heterocycles. The summed E-state index contributed by atoms with van der Waals surface area (Å²) in [6.07, 6.45) is 1.53. The van der Waals surface area contributed by atoms with Crippen LogP contribution in [0.4, 0.5) is 0 Å². The van der Waals surface area contributed by atoms with E-state index in [1.807, 2.05) is 6.07 Å². The molecule has 2 rings (SSSR count). The summed E-state index contributed by atoms with van der Waals surface area (Å²) in [6, 6.07) is 12.9. The fourth-order valence-corrected chi connectivity index (χ4v) is 1.77. The average Bonchev–Trinajstić information content (AvgIpc) is 2.49. The highest BCUT2D eigenvalue weighted by molar-refractivity contribution is 6.03. The van der Waals surface area contributed by atoms with Gasteiger partial charge >= 0.3 is 0 Å². The molecular formula is C15H11N3O2. The van der Waals surface area contributed by atoms with E-state index in [2.05, 4.69) is 4.98 Å². The second-order valence-electron chi connectivity index (χ2n) is 4.12. The highest BCUT2D eigenvalue weighted by Gasteiger charge is 2.22. The van der Waals surface area contributed by atoms with E-state index in [0.717, 1.165) is 0 Å². The summed E-state index contributed by atoms with van der Waals surface area (Å²) >= 11 is 0. The molecular weight excluding hydrogens is 254 g/mol. The molecule has 1 heterocycles. The summed E-state index contributed by atoms with van der Waals surface area (Å²) in [5.74, 6) is -1.89. The van der Waals surface area contributed by atoms with Crippen molar-refractivity contribution in [2.45, 2.75) is 5.92 Å². The lowest BCUT2D eigenvalue weighted by atomic mass is 9.95. The molecule has 0 aliphatic carbocycles. The Morgan fingerprint density at radius 2 is 1.75 bits per heavy atom. The lowest BCUT2D eigenvalue weighted by molar-refractivity contribution is 0.0972. The number of primary amides is 1. The normalized spacial score (nSPS) is 11.3. The van der Waals surface area contributed by atoms with Crippen LogP contribution in [0.25, 0.3) is 0 Å². The maximum atomic E-state index is 12.3. The van der Waals surface area contributed by atoms with Gasteiger partial charge < -0.3 is 5.73 Å². The van der Waals surface area contributed by atoms with Gasteiger partial charge in [-0.2, -0.15) is 5.26 Å². The standard InChI is InChI=1S/C15H11N3O2/c16-9-12(13-3-1-2-8-18-13)14(19)10-4-6-11(7-5-10)15(17)20/h1-8,12H,(H2,17,20)/t12-/m0/s1. The summed E-state index contributed by atoms with van der Waals surface area (Å²) in [5.41, 5.74) is 6.19. The summed E-state index contributed by atoms with van der Waals surface area (Å²) in [5, 5.41) is 9.17. The molecule has 0 bridgehead atoms. The average molecular weight is 265 g/mol. The number of benzene rings is 1. The van der Waals surface area contributed by atoms with Crippen LogP contribution in [0.15, 0.2) is 48.7 Å². The molecule has 2 aromatic rings. The van der Waals surface area contributed by atoms with Gasteiger partial charge in [0.15, 0.2) is 11.7 Å². The van der Waals surface area contributed by atoms with Gasteiger partial charge in [-0.1, -0.05) is 18.2 Å². The molecule has 1 aromatic heterocycles. The van der Waals surface area contributed by atoms with Gasteiger partial charge in [-0.25, -0.2) is 0 Å². The number of nitrogens with two attached hydrogens (primary N) is 1. The van der Waals surface area contributed by atoms with Crippen molar-refractivity contribution in [2.24, 2.45) is 5.73 Å². The number of hydrogen-bond acceptors (Lipinski definition) is 4. The molecule has 20 heavy (non-hydrogen) atoms. The zero-order valence-electron chi connectivity index (χ0n) is 10.5. The lowest BCUT2D eigenvalue weighted by Crippen LogP contribution is -2.14. The minimum Gasteiger partial charge on any atom is -0.366 e. The number of pyridine rings is 1. The van der Waals surface area contributed by atoms with Crippen molar-refractivity contribution in [3.63, 3.8) is 0 Å². The Morgan fingerprint density at radius 1 is 1.10 bits per heavy atom. The molecule has 5 nitrogen and oxygen atoms in total. The molecule has 0 saturated carbocycles. The van der Waals surface area contributed by atoms with Crippen LogP contribution in [0.5, 0.6) is 0 Å². The number of nitriles is 1. The molecule has 0 fully saturated rings. The molecule has 1 amide bonds. The van der Waals surface area contributed by atoms with Crippen molar-refractivity contribution in [3.8, 4) is 6.07 Å². The van der Waals surface area contributed by atoms with Gasteiger partial charge in [0.2, 0.25) is 5.91 Å². The summed E-state index contributed by atoms with van der Waals surface area (Å²) in [6.45, 7) is 0. The predicted molar refractivity (Wildman–Crippen MR) is 71.9 cm³/mol. The van der Waals surface area contributed by atoms with Crippen LogP contribution in [0, 0.1) is 11.3 Å². The molecule has 0 radical (unpaired) electrons. The number of aromatic nitrogens is 1. The van der Waals surface area contributed by atoms with E-state index >= 15 is 0 Å². The number of nitrogens with zero attached hydrogens (tertiary/aromatic N) is 2. The Bertz CT molecular complexity index is 673. The quantitative estimate of drug-likeness (QED) is 0.850. The maximum absolute atomic E-state index is 12.3. The molecule has 0 unspecified atom stereocenters. The fraction of sp³-hybridized carbons (Fsp3) is 0.0667. The molecule has 0 spiro atoms. The Hall–Kier alpha value is -3.00. The molecule has 98 valence electrons. The Morgan fingerprint density at radius 3 is 2.25 bits per heavy atom. The van der Waals surface area contributed by atoms with Crippen LogP contribution in [-0.4, -0.2) is 16.7 Å². The van der Waals surface area contributed by atoms with Crippen LogP contribution in [0.2, 0.25) is 0 Å². The highest BCUT2D eigenvalue weighted by atomic mass is 16.1. The summed E-state index contributed by atoms with van der Waals surface area (Å²) in [4.78, 5) is 27.3. The smallest absolute Gasteiger partial charge is 0.248 e. The Kier molecular flexibility index (Phi) is 3.87. The molecule has 0 aliphatic rings. The van der Waals surface area contributed by atoms with Gasteiger partial charge in [-0.15, -0.1) is 0 Å². The van der Waals surface area contributed by atoms with E-state index in [0.29, 0.717) is 16.8 Å². The van der Waals surface area contributed by atoms with Gasteiger partial charge in [0.1, 0.15) is 0 Å². The first-order valence-electron chi connectivity index (χ1n) is 5.88. The molecule has 0 saturated heterocycles. The molecule has 1 aromatic carbocycles. The van der Waals surface area contributed by atoms with Crippen LogP contribution in [-0.2, 0) is 0 Å². The number of Topliss-reactive ketones (excluding diaryl/α,β-unsaturated/α-hetero) is 1. The van der Waals surface area contributed by atoms with Crippen molar-refractivity contribution in [1.82, 2.24) is 4.98 Å². The number of ketones is 1. The third kappa shape index (κ3) is 2.70. The maximum Gasteiger partial charge on any atom is 0.248 e. The predicted octanol–water partition coefficient (Wildman–Crippen LogP) is 1.67. The largest absolute Gasteiger partial charge is 0.366 e. The summed E-state index contributed by atoms with van der Waals surface area (Å²) < 4.78 is 0. The topological polar surface area (TPSA) is 96.8 Å². The third-order valence-corrected chi connectivity index (χ3v) is 2.83. The first-order valence-corrected chi connectivity index (χ1v) is 5.88. The first-order chi connectivity index (χ1) is 9.63. The lowest BCUT2D eigenvalue weighted by Gasteiger charge is -2.07. The zero-order valence-corrected chi connectivity index (χ0v) is 10.5. The minimum atomic E-state index is -0.962. The third-order valence-electron chi connectivity index (χ3n) is 2.83. The number of hydrogen-bond donors (Lipinski definition) is 1. The fourth-order valence-electron chi connectivity index (χ4n) is 1.77. The van der Waals surface area contributed by atoms with Crippen molar-refractivity contribution in [1.29, 1.82) is 5.26 Å². The van der Waals surface area contributed by atoms with Crippen LogP contribution in [0.1, 0.15) is 32.3 Å². The molecule has 5 heteroatoms. The van der Waals surface area contributed by atoms with E-state index in [1.165, 1.54) is 30.5 Å². The summed E-state index contributed by atoms with van der Waals surface area (Å²) in [7, 11) is 0. The first kappa shape index (κ1) is 13.4. The van der Waals surface area contributed by atoms with E-state index in [9.17, 15) is 9.59 Å². The highest BCUT2D eigenvalue weighted by Crippen LogP contribution is 2.18. The van der Waals surface area contributed by atoms with Gasteiger partial charge in [0.05, 0.1) is 11.8 Å². The van der Waals surface area contributed by atoms with Crippen LogP contribution >= 0.6 is 0 Å². The van der Waals surface area contributed by atoms with Crippen molar-refractivity contribution < 1.29 is 9.59 Å². The van der Waals surface area contributed by atoms with Gasteiger partial charge in [0, 0.05) is 17.3 Å².